The van der Waals surface area contributed by atoms with Gasteiger partial charge >= 0.3 is 0 Å². The lowest BCUT2D eigenvalue weighted by Crippen LogP contribution is -2.24. The zero-order valence-electron chi connectivity index (χ0n) is 10.6. The Morgan fingerprint density at radius 3 is 2.53 bits per heavy atom. The lowest BCUT2D eigenvalue weighted by molar-refractivity contribution is 0.302. The zero-order chi connectivity index (χ0) is 13.1. The van der Waals surface area contributed by atoms with E-state index in [1.54, 1.807) is 12.1 Å². The average Bonchev–Trinajstić information content (AvgIpc) is 2.40. The van der Waals surface area contributed by atoms with Crippen molar-refractivity contribution in [2.45, 2.75) is 38.1 Å². The second kappa shape index (κ2) is 7.14. The Morgan fingerprint density at radius 1 is 1.32 bits per heavy atom. The SMILES string of the molecule is Cl.N#Cc1ccc(Br)c([C@H](N)C2CCCCC2)c1O. The summed E-state index contributed by atoms with van der Waals surface area (Å²) < 4.78 is 0.789. The lowest BCUT2D eigenvalue weighted by atomic mass is 9.81. The largest absolute Gasteiger partial charge is 0.506 e. The van der Waals surface area contributed by atoms with Crippen LogP contribution in [0.3, 0.4) is 0 Å². The van der Waals surface area contributed by atoms with Crippen LogP contribution in [-0.4, -0.2) is 5.11 Å². The van der Waals surface area contributed by atoms with E-state index in [4.69, 9.17) is 11.0 Å². The van der Waals surface area contributed by atoms with Crippen LogP contribution >= 0.6 is 28.3 Å². The second-order valence-electron chi connectivity index (χ2n) is 4.89. The molecule has 1 atom stereocenters. The fourth-order valence-electron chi connectivity index (χ4n) is 2.72. The van der Waals surface area contributed by atoms with E-state index in [-0.39, 0.29) is 24.2 Å². The number of phenols is 1. The number of hydrogen-bond acceptors (Lipinski definition) is 3. The number of benzene rings is 1. The van der Waals surface area contributed by atoms with Crippen molar-refractivity contribution in [3.63, 3.8) is 0 Å². The van der Waals surface area contributed by atoms with Gasteiger partial charge in [-0.15, -0.1) is 12.4 Å². The number of nitriles is 1. The first-order chi connectivity index (χ1) is 8.65. The Morgan fingerprint density at radius 2 is 1.95 bits per heavy atom. The van der Waals surface area contributed by atoms with Crippen LogP contribution in [0.15, 0.2) is 16.6 Å². The Labute approximate surface area is 128 Å². The minimum atomic E-state index is -0.201. The molecule has 3 N–H and O–H groups in total. The van der Waals surface area contributed by atoms with Crippen molar-refractivity contribution in [2.75, 3.05) is 0 Å². The molecule has 19 heavy (non-hydrogen) atoms. The van der Waals surface area contributed by atoms with Crippen molar-refractivity contribution in [2.24, 2.45) is 11.7 Å². The molecule has 0 heterocycles. The molecule has 0 radical (unpaired) electrons. The molecule has 1 aliphatic carbocycles. The molecule has 1 saturated carbocycles. The number of phenolic OH excluding ortho intramolecular Hbond substituents is 1. The van der Waals surface area contributed by atoms with Crippen molar-refractivity contribution in [1.29, 1.82) is 5.26 Å². The van der Waals surface area contributed by atoms with Gasteiger partial charge in [0, 0.05) is 16.1 Å². The first-order valence-electron chi connectivity index (χ1n) is 6.32. The van der Waals surface area contributed by atoms with Gasteiger partial charge in [0.1, 0.15) is 11.8 Å². The third-order valence-corrected chi connectivity index (χ3v) is 4.47. The summed E-state index contributed by atoms with van der Waals surface area (Å²) in [6.07, 6.45) is 5.88. The summed E-state index contributed by atoms with van der Waals surface area (Å²) in [5, 5.41) is 19.1. The van der Waals surface area contributed by atoms with Crippen LogP contribution < -0.4 is 5.73 Å². The summed E-state index contributed by atoms with van der Waals surface area (Å²) in [6.45, 7) is 0. The number of aromatic hydroxyl groups is 1. The Hall–Kier alpha value is -0.760. The van der Waals surface area contributed by atoms with Crippen LogP contribution in [0.25, 0.3) is 0 Å². The van der Waals surface area contributed by atoms with Gasteiger partial charge in [-0.1, -0.05) is 35.2 Å². The molecule has 0 aromatic heterocycles. The van der Waals surface area contributed by atoms with Gasteiger partial charge in [0.15, 0.2) is 0 Å². The fraction of sp³-hybridized carbons (Fsp3) is 0.500. The van der Waals surface area contributed by atoms with E-state index in [1.807, 2.05) is 6.07 Å². The van der Waals surface area contributed by atoms with E-state index in [0.29, 0.717) is 17.0 Å². The fourth-order valence-corrected chi connectivity index (χ4v) is 3.30. The normalized spacial score (nSPS) is 17.3. The van der Waals surface area contributed by atoms with Crippen LogP contribution in [0, 0.1) is 17.2 Å². The molecule has 2 rings (SSSR count). The predicted molar refractivity (Wildman–Crippen MR) is 81.3 cm³/mol. The smallest absolute Gasteiger partial charge is 0.139 e. The summed E-state index contributed by atoms with van der Waals surface area (Å²) in [5.41, 5.74) is 7.27. The number of hydrogen-bond donors (Lipinski definition) is 2. The molecule has 1 aromatic rings. The van der Waals surface area contributed by atoms with Crippen molar-refractivity contribution >= 4 is 28.3 Å². The minimum Gasteiger partial charge on any atom is -0.506 e. The Kier molecular flexibility index (Phi) is 6.12. The molecule has 1 fully saturated rings. The highest BCUT2D eigenvalue weighted by molar-refractivity contribution is 9.10. The molecule has 0 spiro atoms. The maximum absolute atomic E-state index is 10.1. The molecule has 0 aliphatic heterocycles. The molecule has 1 aromatic carbocycles. The van der Waals surface area contributed by atoms with Crippen LogP contribution in [0.5, 0.6) is 5.75 Å². The Balaban J connectivity index is 0.00000180. The van der Waals surface area contributed by atoms with Gasteiger partial charge < -0.3 is 10.8 Å². The van der Waals surface area contributed by atoms with Crippen LogP contribution in [0.4, 0.5) is 0 Å². The molecule has 104 valence electrons. The zero-order valence-corrected chi connectivity index (χ0v) is 13.0. The minimum absolute atomic E-state index is 0. The van der Waals surface area contributed by atoms with Crippen molar-refractivity contribution in [3.05, 3.63) is 27.7 Å². The van der Waals surface area contributed by atoms with Crippen molar-refractivity contribution in [1.82, 2.24) is 0 Å². The maximum Gasteiger partial charge on any atom is 0.139 e. The molecular weight excluding hydrogens is 328 g/mol. The van der Waals surface area contributed by atoms with Gasteiger partial charge in [-0.05, 0) is 30.9 Å². The van der Waals surface area contributed by atoms with Gasteiger partial charge in [-0.3, -0.25) is 0 Å². The predicted octanol–water partition coefficient (Wildman–Crippen LogP) is 4.03. The summed E-state index contributed by atoms with van der Waals surface area (Å²) in [4.78, 5) is 0. The van der Waals surface area contributed by atoms with E-state index in [1.165, 1.54) is 19.3 Å². The first-order valence-corrected chi connectivity index (χ1v) is 7.11. The van der Waals surface area contributed by atoms with Crippen molar-refractivity contribution < 1.29 is 5.11 Å². The van der Waals surface area contributed by atoms with E-state index < -0.39 is 0 Å². The highest BCUT2D eigenvalue weighted by Crippen LogP contribution is 2.40. The molecule has 5 heteroatoms. The van der Waals surface area contributed by atoms with Crippen LogP contribution in [0.1, 0.15) is 49.3 Å². The molecule has 0 unspecified atom stereocenters. The standard InChI is InChI=1S/C14H17BrN2O.ClH/c15-11-7-6-10(8-16)14(18)12(11)13(17)9-4-2-1-3-5-9;/h6-7,9,13,18H,1-5,17H2;1H/t13-;/m1./s1. The molecule has 0 saturated heterocycles. The lowest BCUT2D eigenvalue weighted by Gasteiger charge is -2.29. The van der Waals surface area contributed by atoms with Gasteiger partial charge in [0.05, 0.1) is 5.56 Å². The van der Waals surface area contributed by atoms with Gasteiger partial charge in [0.2, 0.25) is 0 Å². The third-order valence-electron chi connectivity index (χ3n) is 3.78. The van der Waals surface area contributed by atoms with Gasteiger partial charge in [-0.2, -0.15) is 5.26 Å². The van der Waals surface area contributed by atoms with E-state index >= 15 is 0 Å². The number of nitrogens with zero attached hydrogens (tertiary/aromatic N) is 1. The number of halogens is 2. The van der Waals surface area contributed by atoms with Crippen molar-refractivity contribution in [3.8, 4) is 11.8 Å². The molecule has 1 aliphatic rings. The summed E-state index contributed by atoms with van der Waals surface area (Å²) >= 11 is 3.43. The van der Waals surface area contributed by atoms with E-state index in [2.05, 4.69) is 15.9 Å². The molecule has 0 bridgehead atoms. The Bertz CT molecular complexity index is 481. The quantitative estimate of drug-likeness (QED) is 0.850. The molecule has 3 nitrogen and oxygen atoms in total. The van der Waals surface area contributed by atoms with E-state index in [0.717, 1.165) is 17.3 Å². The summed E-state index contributed by atoms with van der Waals surface area (Å²) in [6, 6.07) is 5.19. The third kappa shape index (κ3) is 3.42. The monoisotopic (exact) mass is 344 g/mol. The second-order valence-corrected chi connectivity index (χ2v) is 5.75. The van der Waals surface area contributed by atoms with Crippen LogP contribution in [-0.2, 0) is 0 Å². The summed E-state index contributed by atoms with van der Waals surface area (Å²) in [5.74, 6) is 0.430. The molecule has 0 amide bonds. The average molecular weight is 346 g/mol. The van der Waals surface area contributed by atoms with Crippen LogP contribution in [0.2, 0.25) is 0 Å². The van der Waals surface area contributed by atoms with E-state index in [9.17, 15) is 5.11 Å². The maximum atomic E-state index is 10.1. The number of nitrogens with two attached hydrogens (primary N) is 1. The topological polar surface area (TPSA) is 70.0 Å². The number of rotatable bonds is 2. The van der Waals surface area contributed by atoms with Gasteiger partial charge in [0.25, 0.3) is 0 Å². The summed E-state index contributed by atoms with van der Waals surface area (Å²) in [7, 11) is 0. The first kappa shape index (κ1) is 16.3. The highest BCUT2D eigenvalue weighted by atomic mass is 79.9. The molecular formula is C14H18BrClN2O. The van der Waals surface area contributed by atoms with Gasteiger partial charge in [-0.25, -0.2) is 0 Å². The highest BCUT2D eigenvalue weighted by Gasteiger charge is 2.26.